The van der Waals surface area contributed by atoms with Crippen molar-refractivity contribution >= 4 is 23.5 Å². The number of ether oxygens (including phenoxy) is 1. The lowest BCUT2D eigenvalue weighted by Gasteiger charge is -2.30. The van der Waals surface area contributed by atoms with E-state index < -0.39 is 0 Å². The van der Waals surface area contributed by atoms with Crippen molar-refractivity contribution in [3.05, 3.63) is 23.0 Å². The highest BCUT2D eigenvalue weighted by Crippen LogP contribution is 2.22. The molecule has 21 heavy (non-hydrogen) atoms. The molecule has 0 aromatic carbocycles. The fraction of sp³-hybridized carbons (Fsp3) is 0.600. The van der Waals surface area contributed by atoms with Gasteiger partial charge in [0.05, 0.1) is 18.1 Å². The number of likely N-dealkylation sites (tertiary alicyclic amines) is 1. The molecule has 6 heteroatoms. The second-order valence-corrected chi connectivity index (χ2v) is 5.76. The van der Waals surface area contributed by atoms with Crippen molar-refractivity contribution in [1.29, 1.82) is 0 Å². The summed E-state index contributed by atoms with van der Waals surface area (Å²) in [6.07, 6.45) is 4.04. The Morgan fingerprint density at radius 2 is 2.05 bits per heavy atom. The molecule has 1 fully saturated rings. The van der Waals surface area contributed by atoms with Crippen molar-refractivity contribution in [3.8, 4) is 0 Å². The number of carbonyl (C=O) groups is 2. The number of carbonyl (C=O) groups excluding carboxylic acids is 2. The van der Waals surface area contributed by atoms with E-state index in [0.29, 0.717) is 36.6 Å². The average Bonchev–Trinajstić information content (AvgIpc) is 2.87. The zero-order chi connectivity index (χ0) is 15.4. The van der Waals surface area contributed by atoms with Gasteiger partial charge in [-0.15, -0.1) is 0 Å². The maximum atomic E-state index is 12.6. The van der Waals surface area contributed by atoms with E-state index in [2.05, 4.69) is 6.92 Å². The summed E-state index contributed by atoms with van der Waals surface area (Å²) >= 11 is 6.02. The quantitative estimate of drug-likeness (QED) is 0.803. The van der Waals surface area contributed by atoms with Gasteiger partial charge in [-0.1, -0.05) is 18.5 Å². The lowest BCUT2D eigenvalue weighted by Crippen LogP contribution is -2.41. The largest absolute Gasteiger partial charge is 0.469 e. The van der Waals surface area contributed by atoms with Crippen LogP contribution in [0.5, 0.6) is 0 Å². The van der Waals surface area contributed by atoms with Crippen molar-refractivity contribution in [2.24, 2.45) is 5.92 Å². The molecule has 2 heterocycles. The second-order valence-electron chi connectivity index (χ2n) is 5.33. The summed E-state index contributed by atoms with van der Waals surface area (Å²) in [7, 11) is 1.40. The van der Waals surface area contributed by atoms with E-state index in [4.69, 9.17) is 16.3 Å². The first-order valence-electron chi connectivity index (χ1n) is 7.29. The SMILES string of the molecule is CCCn1cc(Cl)cc1C(=O)N1CCC(C(=O)OC)CC1. The Hall–Kier alpha value is -1.49. The number of amides is 1. The Labute approximate surface area is 129 Å². The first kappa shape index (κ1) is 15.9. The van der Waals surface area contributed by atoms with Gasteiger partial charge in [-0.2, -0.15) is 0 Å². The van der Waals surface area contributed by atoms with E-state index in [9.17, 15) is 9.59 Å². The normalized spacial score (nSPS) is 16.0. The molecule has 1 aromatic rings. The minimum atomic E-state index is -0.181. The van der Waals surface area contributed by atoms with Crippen molar-refractivity contribution in [3.63, 3.8) is 0 Å². The Kier molecular flexibility index (Phi) is 5.28. The first-order chi connectivity index (χ1) is 10.1. The summed E-state index contributed by atoms with van der Waals surface area (Å²) in [6, 6.07) is 1.71. The Morgan fingerprint density at radius 1 is 1.38 bits per heavy atom. The average molecular weight is 313 g/mol. The van der Waals surface area contributed by atoms with Crippen LogP contribution in [0, 0.1) is 5.92 Å². The van der Waals surface area contributed by atoms with Gasteiger partial charge in [0.25, 0.3) is 5.91 Å². The van der Waals surface area contributed by atoms with Crippen LogP contribution >= 0.6 is 11.6 Å². The van der Waals surface area contributed by atoms with Gasteiger partial charge in [0.1, 0.15) is 5.69 Å². The molecule has 0 spiro atoms. The Morgan fingerprint density at radius 3 is 2.62 bits per heavy atom. The number of rotatable bonds is 4. The van der Waals surface area contributed by atoms with Gasteiger partial charge in [-0.25, -0.2) is 0 Å². The molecular weight excluding hydrogens is 292 g/mol. The number of nitrogens with zero attached hydrogens (tertiary/aromatic N) is 2. The molecule has 1 aromatic heterocycles. The van der Waals surface area contributed by atoms with E-state index in [1.807, 2.05) is 4.57 Å². The van der Waals surface area contributed by atoms with E-state index in [1.54, 1.807) is 17.2 Å². The van der Waals surface area contributed by atoms with Crippen molar-refractivity contribution in [2.45, 2.75) is 32.7 Å². The molecule has 0 aliphatic carbocycles. The van der Waals surface area contributed by atoms with Gasteiger partial charge < -0.3 is 14.2 Å². The summed E-state index contributed by atoms with van der Waals surface area (Å²) in [6.45, 7) is 3.98. The van der Waals surface area contributed by atoms with E-state index in [0.717, 1.165) is 13.0 Å². The second kappa shape index (κ2) is 6.98. The van der Waals surface area contributed by atoms with Crippen LogP contribution in [0.3, 0.4) is 0 Å². The number of aryl methyl sites for hydroxylation is 1. The van der Waals surface area contributed by atoms with Gasteiger partial charge >= 0.3 is 5.97 Å². The fourth-order valence-electron chi connectivity index (χ4n) is 2.73. The molecule has 116 valence electrons. The third kappa shape index (κ3) is 3.59. The monoisotopic (exact) mass is 312 g/mol. The van der Waals surface area contributed by atoms with Crippen molar-refractivity contribution in [1.82, 2.24) is 9.47 Å². The summed E-state index contributed by atoms with van der Waals surface area (Å²) in [5, 5.41) is 0.580. The number of piperidine rings is 1. The predicted octanol–water partition coefficient (Wildman–Crippen LogP) is 2.58. The van der Waals surface area contributed by atoms with E-state index >= 15 is 0 Å². The molecule has 0 atom stereocenters. The number of halogens is 1. The van der Waals surface area contributed by atoms with Gasteiger partial charge in [-0.05, 0) is 25.3 Å². The standard InChI is InChI=1S/C15H21ClN2O3/c1-3-6-18-10-12(16)9-13(18)14(19)17-7-4-11(5-8-17)15(20)21-2/h9-11H,3-8H2,1-2H3. The number of aromatic nitrogens is 1. The molecule has 0 N–H and O–H groups in total. The summed E-state index contributed by atoms with van der Waals surface area (Å²) in [5.41, 5.74) is 0.623. The molecule has 0 radical (unpaired) electrons. The van der Waals surface area contributed by atoms with Crippen molar-refractivity contribution < 1.29 is 14.3 Å². The molecule has 5 nitrogen and oxygen atoms in total. The molecule has 0 saturated carbocycles. The molecule has 1 aliphatic rings. The van der Waals surface area contributed by atoms with Crippen LogP contribution < -0.4 is 0 Å². The smallest absolute Gasteiger partial charge is 0.308 e. The van der Waals surface area contributed by atoms with Crippen LogP contribution in [-0.4, -0.2) is 41.5 Å². The van der Waals surface area contributed by atoms with Gasteiger partial charge in [-0.3, -0.25) is 9.59 Å². The van der Waals surface area contributed by atoms with Gasteiger partial charge in [0, 0.05) is 25.8 Å². The molecule has 1 aliphatic heterocycles. The number of hydrogen-bond donors (Lipinski definition) is 0. The van der Waals surface area contributed by atoms with Gasteiger partial charge in [0.15, 0.2) is 0 Å². The number of hydrogen-bond acceptors (Lipinski definition) is 3. The zero-order valence-electron chi connectivity index (χ0n) is 12.5. The zero-order valence-corrected chi connectivity index (χ0v) is 13.2. The topological polar surface area (TPSA) is 51.5 Å². The predicted molar refractivity (Wildman–Crippen MR) is 80.4 cm³/mol. The Bertz CT molecular complexity index is 519. The first-order valence-corrected chi connectivity index (χ1v) is 7.67. The number of esters is 1. The lowest BCUT2D eigenvalue weighted by molar-refractivity contribution is -0.146. The molecule has 0 unspecified atom stereocenters. The maximum Gasteiger partial charge on any atom is 0.308 e. The molecule has 1 amide bonds. The van der Waals surface area contributed by atoms with Crippen molar-refractivity contribution in [2.75, 3.05) is 20.2 Å². The van der Waals surface area contributed by atoms with Crippen LogP contribution in [0.15, 0.2) is 12.3 Å². The molecule has 2 rings (SSSR count). The highest BCUT2D eigenvalue weighted by molar-refractivity contribution is 6.31. The minimum absolute atomic E-state index is 0.0151. The van der Waals surface area contributed by atoms with E-state index in [-0.39, 0.29) is 17.8 Å². The van der Waals surface area contributed by atoms with E-state index in [1.165, 1.54) is 7.11 Å². The third-order valence-electron chi connectivity index (χ3n) is 3.86. The van der Waals surface area contributed by atoms with Crippen LogP contribution in [0.2, 0.25) is 5.02 Å². The summed E-state index contributed by atoms with van der Waals surface area (Å²) in [5.74, 6) is -0.289. The minimum Gasteiger partial charge on any atom is -0.469 e. The van der Waals surface area contributed by atoms with Crippen LogP contribution in [0.4, 0.5) is 0 Å². The summed E-state index contributed by atoms with van der Waals surface area (Å²) in [4.78, 5) is 25.9. The third-order valence-corrected chi connectivity index (χ3v) is 4.07. The van der Waals surface area contributed by atoms with Crippen LogP contribution in [0.25, 0.3) is 0 Å². The maximum absolute atomic E-state index is 12.6. The Balaban J connectivity index is 2.03. The highest BCUT2D eigenvalue weighted by Gasteiger charge is 2.29. The lowest BCUT2D eigenvalue weighted by atomic mass is 9.97. The molecular formula is C15H21ClN2O3. The van der Waals surface area contributed by atoms with Crippen LogP contribution in [0.1, 0.15) is 36.7 Å². The van der Waals surface area contributed by atoms with Crippen LogP contribution in [-0.2, 0) is 16.1 Å². The molecule has 0 bridgehead atoms. The van der Waals surface area contributed by atoms with Gasteiger partial charge in [0.2, 0.25) is 0 Å². The highest BCUT2D eigenvalue weighted by atomic mass is 35.5. The number of methoxy groups -OCH3 is 1. The molecule has 1 saturated heterocycles. The fourth-order valence-corrected chi connectivity index (χ4v) is 2.95. The summed E-state index contributed by atoms with van der Waals surface area (Å²) < 4.78 is 6.66.